The number of carbonyl (C=O) groups is 1. The van der Waals surface area contributed by atoms with Crippen molar-refractivity contribution in [3.63, 3.8) is 0 Å². The Kier molecular flexibility index (Phi) is 5.76. The highest BCUT2D eigenvalue weighted by atomic mass is 35.5. The van der Waals surface area contributed by atoms with Gasteiger partial charge in [0, 0.05) is 11.6 Å². The van der Waals surface area contributed by atoms with Crippen LogP contribution in [0.2, 0.25) is 10.0 Å². The maximum absolute atomic E-state index is 13.1. The number of urea groups is 1. The Morgan fingerprint density at radius 3 is 2.52 bits per heavy atom. The van der Waals surface area contributed by atoms with Crippen molar-refractivity contribution in [1.82, 2.24) is 5.32 Å². The zero-order chi connectivity index (χ0) is 17.0. The first-order chi connectivity index (χ1) is 10.9. The molecule has 0 aliphatic rings. The first kappa shape index (κ1) is 17.5. The number of nitrogens with one attached hydrogen (secondary N) is 2. The lowest BCUT2D eigenvalue weighted by atomic mass is 10.1. The Morgan fingerprint density at radius 2 is 1.87 bits per heavy atom. The van der Waals surface area contributed by atoms with Gasteiger partial charge in [0.2, 0.25) is 0 Å². The summed E-state index contributed by atoms with van der Waals surface area (Å²) in [5, 5.41) is 15.4. The summed E-state index contributed by atoms with van der Waals surface area (Å²) in [6, 6.07) is 6.94. The number of aliphatic hydroxyl groups is 1. The summed E-state index contributed by atoms with van der Waals surface area (Å²) in [5.41, 5.74) is 0.490. The van der Waals surface area contributed by atoms with E-state index in [1.807, 2.05) is 0 Å². The molecule has 4 nitrogen and oxygen atoms in total. The SMILES string of the molecule is O=C(NCC(O)c1ccc(F)c(F)c1)Nc1ccc(Cl)cc1Cl. The molecule has 1 atom stereocenters. The Morgan fingerprint density at radius 1 is 1.13 bits per heavy atom. The Balaban J connectivity index is 1.91. The maximum atomic E-state index is 13.1. The molecule has 0 fully saturated rings. The predicted molar refractivity (Wildman–Crippen MR) is 84.8 cm³/mol. The molecule has 2 amide bonds. The standard InChI is InChI=1S/C15H12Cl2F2N2O2/c16-9-2-4-13(10(17)6-9)21-15(23)20-7-14(22)8-1-3-11(18)12(19)5-8/h1-6,14,22H,7H2,(H2,20,21,23). The van der Waals surface area contributed by atoms with Gasteiger partial charge < -0.3 is 15.7 Å². The van der Waals surface area contributed by atoms with E-state index in [1.54, 1.807) is 6.07 Å². The average Bonchev–Trinajstić information content (AvgIpc) is 2.50. The topological polar surface area (TPSA) is 61.4 Å². The highest BCUT2D eigenvalue weighted by molar-refractivity contribution is 6.36. The van der Waals surface area contributed by atoms with E-state index in [0.29, 0.717) is 10.7 Å². The zero-order valence-electron chi connectivity index (χ0n) is 11.6. The lowest BCUT2D eigenvalue weighted by molar-refractivity contribution is 0.174. The lowest BCUT2D eigenvalue weighted by Gasteiger charge is -2.14. The second-order valence-corrected chi connectivity index (χ2v) is 5.49. The van der Waals surface area contributed by atoms with E-state index in [9.17, 15) is 18.7 Å². The molecule has 2 rings (SSSR count). The molecule has 23 heavy (non-hydrogen) atoms. The molecule has 0 radical (unpaired) electrons. The van der Waals surface area contributed by atoms with E-state index < -0.39 is 23.8 Å². The van der Waals surface area contributed by atoms with Gasteiger partial charge in [-0.3, -0.25) is 0 Å². The molecular weight excluding hydrogens is 349 g/mol. The second kappa shape index (κ2) is 7.59. The van der Waals surface area contributed by atoms with Crippen LogP contribution in [0.4, 0.5) is 19.3 Å². The third-order valence-corrected chi connectivity index (χ3v) is 3.51. The fourth-order valence-corrected chi connectivity index (χ4v) is 2.24. The second-order valence-electron chi connectivity index (χ2n) is 4.65. The third-order valence-electron chi connectivity index (χ3n) is 2.96. The van der Waals surface area contributed by atoms with Gasteiger partial charge in [-0.1, -0.05) is 29.3 Å². The molecule has 0 spiro atoms. The number of hydrogen-bond donors (Lipinski definition) is 3. The monoisotopic (exact) mass is 360 g/mol. The highest BCUT2D eigenvalue weighted by Crippen LogP contribution is 2.25. The van der Waals surface area contributed by atoms with Crippen molar-refractivity contribution < 1.29 is 18.7 Å². The van der Waals surface area contributed by atoms with Gasteiger partial charge >= 0.3 is 6.03 Å². The van der Waals surface area contributed by atoms with Crippen LogP contribution in [-0.4, -0.2) is 17.7 Å². The van der Waals surface area contributed by atoms with Crippen LogP contribution in [0.25, 0.3) is 0 Å². The molecular formula is C15H12Cl2F2N2O2. The number of rotatable bonds is 4. The van der Waals surface area contributed by atoms with E-state index in [1.165, 1.54) is 18.2 Å². The predicted octanol–water partition coefficient (Wildman–Crippen LogP) is 4.13. The fraction of sp³-hybridized carbons (Fsp3) is 0.133. The number of amides is 2. The van der Waals surface area contributed by atoms with Gasteiger partial charge in [-0.05, 0) is 35.9 Å². The van der Waals surface area contributed by atoms with Gasteiger partial charge in [-0.2, -0.15) is 0 Å². The van der Waals surface area contributed by atoms with Crippen LogP contribution < -0.4 is 10.6 Å². The van der Waals surface area contributed by atoms with Crippen molar-refractivity contribution in [2.75, 3.05) is 11.9 Å². The van der Waals surface area contributed by atoms with Crippen molar-refractivity contribution in [2.24, 2.45) is 0 Å². The number of anilines is 1. The molecule has 0 heterocycles. The lowest BCUT2D eigenvalue weighted by Crippen LogP contribution is -2.32. The molecule has 2 aromatic rings. The summed E-state index contributed by atoms with van der Waals surface area (Å²) in [5.74, 6) is -2.08. The molecule has 8 heteroatoms. The smallest absolute Gasteiger partial charge is 0.319 e. The van der Waals surface area contributed by atoms with Crippen LogP contribution in [0.15, 0.2) is 36.4 Å². The summed E-state index contributed by atoms with van der Waals surface area (Å²) in [6.45, 7) is -0.192. The molecule has 1 unspecified atom stereocenters. The average molecular weight is 361 g/mol. The van der Waals surface area contributed by atoms with Crippen LogP contribution >= 0.6 is 23.2 Å². The van der Waals surface area contributed by atoms with Crippen LogP contribution in [0.1, 0.15) is 11.7 Å². The molecule has 122 valence electrons. The van der Waals surface area contributed by atoms with Gasteiger partial charge in [0.1, 0.15) is 0 Å². The summed E-state index contributed by atoms with van der Waals surface area (Å²) >= 11 is 11.7. The van der Waals surface area contributed by atoms with Gasteiger partial charge in [-0.15, -0.1) is 0 Å². The quantitative estimate of drug-likeness (QED) is 0.767. The molecule has 0 aromatic heterocycles. The number of hydrogen-bond acceptors (Lipinski definition) is 2. The highest BCUT2D eigenvalue weighted by Gasteiger charge is 2.13. The molecule has 0 aliphatic carbocycles. The zero-order valence-corrected chi connectivity index (χ0v) is 13.1. The minimum Gasteiger partial charge on any atom is -0.387 e. The van der Waals surface area contributed by atoms with E-state index in [4.69, 9.17) is 23.2 Å². The Bertz CT molecular complexity index is 729. The van der Waals surface area contributed by atoms with Crippen molar-refractivity contribution >= 4 is 34.9 Å². The largest absolute Gasteiger partial charge is 0.387 e. The van der Waals surface area contributed by atoms with Crippen LogP contribution in [-0.2, 0) is 0 Å². The Hall–Kier alpha value is -1.89. The van der Waals surface area contributed by atoms with Gasteiger partial charge in [0.15, 0.2) is 11.6 Å². The van der Waals surface area contributed by atoms with Gasteiger partial charge in [-0.25, -0.2) is 13.6 Å². The first-order valence-electron chi connectivity index (χ1n) is 6.49. The first-order valence-corrected chi connectivity index (χ1v) is 7.25. The van der Waals surface area contributed by atoms with Crippen LogP contribution in [0, 0.1) is 11.6 Å². The van der Waals surface area contributed by atoms with Crippen molar-refractivity contribution in [1.29, 1.82) is 0 Å². The molecule has 3 N–H and O–H groups in total. The minimum atomic E-state index is -1.18. The Labute approximate surface area is 141 Å². The van der Waals surface area contributed by atoms with Crippen molar-refractivity contribution in [2.45, 2.75) is 6.10 Å². The normalized spacial score (nSPS) is 11.9. The van der Waals surface area contributed by atoms with E-state index in [-0.39, 0.29) is 17.1 Å². The third kappa shape index (κ3) is 4.79. The van der Waals surface area contributed by atoms with Crippen molar-refractivity contribution in [3.05, 3.63) is 63.6 Å². The molecule has 0 saturated heterocycles. The molecule has 0 bridgehead atoms. The van der Waals surface area contributed by atoms with Crippen LogP contribution in [0.3, 0.4) is 0 Å². The molecule has 0 aliphatic heterocycles. The van der Waals surface area contributed by atoms with E-state index >= 15 is 0 Å². The number of benzene rings is 2. The van der Waals surface area contributed by atoms with Crippen molar-refractivity contribution in [3.8, 4) is 0 Å². The van der Waals surface area contributed by atoms with Gasteiger partial charge in [0.25, 0.3) is 0 Å². The number of halogens is 4. The maximum Gasteiger partial charge on any atom is 0.319 e. The number of aliphatic hydroxyl groups excluding tert-OH is 1. The fourth-order valence-electron chi connectivity index (χ4n) is 1.78. The summed E-state index contributed by atoms with van der Waals surface area (Å²) in [4.78, 5) is 11.7. The summed E-state index contributed by atoms with van der Waals surface area (Å²) in [7, 11) is 0. The van der Waals surface area contributed by atoms with E-state index in [2.05, 4.69) is 10.6 Å². The minimum absolute atomic E-state index is 0.147. The summed E-state index contributed by atoms with van der Waals surface area (Å²) in [6.07, 6.45) is -1.18. The number of carbonyl (C=O) groups excluding carboxylic acids is 1. The molecule has 2 aromatic carbocycles. The summed E-state index contributed by atoms with van der Waals surface area (Å²) < 4.78 is 25.9. The molecule has 0 saturated carbocycles. The van der Waals surface area contributed by atoms with E-state index in [0.717, 1.165) is 12.1 Å². The van der Waals surface area contributed by atoms with Gasteiger partial charge in [0.05, 0.1) is 16.8 Å². The van der Waals surface area contributed by atoms with Crippen LogP contribution in [0.5, 0.6) is 0 Å².